The fourth-order valence-electron chi connectivity index (χ4n) is 0.659. The average molecular weight is 221 g/mol. The van der Waals surface area contributed by atoms with Crippen LogP contribution in [0, 0.1) is 5.82 Å². The molecular weight excluding hydrogens is 215 g/mol. The van der Waals surface area contributed by atoms with Crippen LogP contribution in [0.3, 0.4) is 0 Å². The van der Waals surface area contributed by atoms with Crippen molar-refractivity contribution in [3.8, 4) is 0 Å². The van der Waals surface area contributed by atoms with Crippen molar-refractivity contribution in [3.05, 3.63) is 28.2 Å². The number of nitrogens with zero attached hydrogens (tertiary/aromatic N) is 1. The molecule has 1 aromatic rings. The average Bonchev–Trinajstić information content (AvgIpc) is 1.97. The summed E-state index contributed by atoms with van der Waals surface area (Å²) in [6.07, 6.45) is 2.59. The molecule has 0 atom stereocenters. The molecule has 2 N–H and O–H groups in total. The molecule has 0 aliphatic heterocycles. The SMILES string of the molecule is NOCc1c(F)cncc1Br. The number of rotatable bonds is 2. The quantitative estimate of drug-likeness (QED) is 0.767. The minimum atomic E-state index is -0.426. The van der Waals surface area contributed by atoms with Crippen LogP contribution in [-0.4, -0.2) is 4.98 Å². The lowest BCUT2D eigenvalue weighted by molar-refractivity contribution is 0.121. The summed E-state index contributed by atoms with van der Waals surface area (Å²) < 4.78 is 13.4. The summed E-state index contributed by atoms with van der Waals surface area (Å²) in [6, 6.07) is 0. The Labute approximate surface area is 71.5 Å². The maximum absolute atomic E-state index is 12.8. The fourth-order valence-corrected chi connectivity index (χ4v) is 1.08. The molecule has 0 fully saturated rings. The highest BCUT2D eigenvalue weighted by atomic mass is 79.9. The van der Waals surface area contributed by atoms with Gasteiger partial charge in [0.15, 0.2) is 0 Å². The van der Waals surface area contributed by atoms with E-state index in [-0.39, 0.29) is 6.61 Å². The molecule has 0 radical (unpaired) electrons. The molecule has 0 unspecified atom stereocenters. The Balaban J connectivity index is 3.00. The molecule has 5 heteroatoms. The van der Waals surface area contributed by atoms with Crippen molar-refractivity contribution in [1.29, 1.82) is 0 Å². The highest BCUT2D eigenvalue weighted by molar-refractivity contribution is 9.10. The zero-order valence-corrected chi connectivity index (χ0v) is 7.14. The third-order valence-corrected chi connectivity index (χ3v) is 1.86. The largest absolute Gasteiger partial charge is 0.300 e. The van der Waals surface area contributed by atoms with E-state index in [1.54, 1.807) is 0 Å². The summed E-state index contributed by atoms with van der Waals surface area (Å²) in [5.74, 6) is 4.36. The van der Waals surface area contributed by atoms with Crippen molar-refractivity contribution in [2.45, 2.75) is 6.61 Å². The molecule has 60 valence electrons. The van der Waals surface area contributed by atoms with Gasteiger partial charge in [0.1, 0.15) is 5.82 Å². The van der Waals surface area contributed by atoms with Gasteiger partial charge in [0, 0.05) is 16.2 Å². The molecule has 3 nitrogen and oxygen atoms in total. The number of halogens is 2. The first-order valence-electron chi connectivity index (χ1n) is 2.85. The van der Waals surface area contributed by atoms with Crippen molar-refractivity contribution < 1.29 is 9.23 Å². The highest BCUT2D eigenvalue weighted by Gasteiger charge is 2.05. The minimum Gasteiger partial charge on any atom is -0.300 e. The van der Waals surface area contributed by atoms with Gasteiger partial charge in [-0.05, 0) is 15.9 Å². The second kappa shape index (κ2) is 3.75. The summed E-state index contributed by atoms with van der Waals surface area (Å²) >= 11 is 3.11. The van der Waals surface area contributed by atoms with Gasteiger partial charge in [-0.1, -0.05) is 0 Å². The Morgan fingerprint density at radius 2 is 2.36 bits per heavy atom. The number of hydrogen-bond acceptors (Lipinski definition) is 3. The summed E-state index contributed by atoms with van der Waals surface area (Å²) in [5.41, 5.74) is 0.377. The molecule has 0 aromatic carbocycles. The molecular formula is C6H6BrFN2O. The Hall–Kier alpha value is -0.520. The van der Waals surface area contributed by atoms with E-state index < -0.39 is 5.82 Å². The molecule has 0 bridgehead atoms. The molecule has 1 heterocycles. The third-order valence-electron chi connectivity index (χ3n) is 1.18. The van der Waals surface area contributed by atoms with E-state index in [2.05, 4.69) is 25.8 Å². The Bertz CT molecular complexity index is 236. The first kappa shape index (κ1) is 8.58. The van der Waals surface area contributed by atoms with Crippen LogP contribution in [0.25, 0.3) is 0 Å². The van der Waals surface area contributed by atoms with Gasteiger partial charge in [0.25, 0.3) is 0 Å². The van der Waals surface area contributed by atoms with Gasteiger partial charge in [-0.3, -0.25) is 9.82 Å². The lowest BCUT2D eigenvalue weighted by atomic mass is 10.3. The fraction of sp³-hybridized carbons (Fsp3) is 0.167. The van der Waals surface area contributed by atoms with Crippen molar-refractivity contribution in [3.63, 3.8) is 0 Å². The number of hydrogen-bond donors (Lipinski definition) is 1. The Kier molecular flexibility index (Phi) is 2.92. The predicted molar refractivity (Wildman–Crippen MR) is 40.9 cm³/mol. The Morgan fingerprint density at radius 3 is 2.91 bits per heavy atom. The van der Waals surface area contributed by atoms with Crippen LogP contribution >= 0.6 is 15.9 Å². The second-order valence-corrected chi connectivity index (χ2v) is 2.75. The number of pyridine rings is 1. The second-order valence-electron chi connectivity index (χ2n) is 1.89. The van der Waals surface area contributed by atoms with Crippen molar-refractivity contribution >= 4 is 15.9 Å². The van der Waals surface area contributed by atoms with Gasteiger partial charge in [-0.25, -0.2) is 10.3 Å². The van der Waals surface area contributed by atoms with Gasteiger partial charge in [0.2, 0.25) is 0 Å². The van der Waals surface area contributed by atoms with E-state index >= 15 is 0 Å². The molecule has 0 aliphatic carbocycles. The molecule has 1 aromatic heterocycles. The molecule has 11 heavy (non-hydrogen) atoms. The first-order valence-corrected chi connectivity index (χ1v) is 3.64. The smallest absolute Gasteiger partial charge is 0.148 e. The summed E-state index contributed by atoms with van der Waals surface area (Å²) in [6.45, 7) is 0.0366. The lowest BCUT2D eigenvalue weighted by Crippen LogP contribution is -2.02. The Morgan fingerprint density at radius 1 is 1.64 bits per heavy atom. The van der Waals surface area contributed by atoms with Crippen LogP contribution in [-0.2, 0) is 11.4 Å². The van der Waals surface area contributed by atoms with Crippen molar-refractivity contribution in [2.24, 2.45) is 5.90 Å². The van der Waals surface area contributed by atoms with Gasteiger partial charge in [0.05, 0.1) is 12.8 Å². The molecule has 0 saturated heterocycles. The summed E-state index contributed by atoms with van der Waals surface area (Å²) in [4.78, 5) is 7.90. The van der Waals surface area contributed by atoms with Crippen LogP contribution in [0.15, 0.2) is 16.9 Å². The van der Waals surface area contributed by atoms with E-state index in [0.29, 0.717) is 10.0 Å². The van der Waals surface area contributed by atoms with Gasteiger partial charge < -0.3 is 0 Å². The van der Waals surface area contributed by atoms with Gasteiger partial charge >= 0.3 is 0 Å². The molecule has 1 rings (SSSR count). The van der Waals surface area contributed by atoms with Crippen LogP contribution < -0.4 is 5.90 Å². The maximum atomic E-state index is 12.8. The van der Waals surface area contributed by atoms with E-state index in [9.17, 15) is 4.39 Å². The molecule has 0 saturated carbocycles. The van der Waals surface area contributed by atoms with E-state index in [0.717, 1.165) is 6.20 Å². The molecule has 0 aliphatic rings. The standard InChI is InChI=1S/C6H6BrFN2O/c7-5-1-10-2-6(8)4(5)3-11-9/h1-2H,3,9H2. The van der Waals surface area contributed by atoms with Crippen LogP contribution in [0.5, 0.6) is 0 Å². The minimum absolute atomic E-state index is 0.0366. The predicted octanol–water partition coefficient (Wildman–Crippen LogP) is 1.37. The monoisotopic (exact) mass is 220 g/mol. The normalized spacial score (nSPS) is 10.1. The van der Waals surface area contributed by atoms with Crippen LogP contribution in [0.2, 0.25) is 0 Å². The number of aromatic nitrogens is 1. The third kappa shape index (κ3) is 1.95. The van der Waals surface area contributed by atoms with Crippen molar-refractivity contribution in [2.75, 3.05) is 0 Å². The van der Waals surface area contributed by atoms with Crippen molar-refractivity contribution in [1.82, 2.24) is 4.98 Å². The van der Waals surface area contributed by atoms with E-state index in [4.69, 9.17) is 5.90 Å². The zero-order chi connectivity index (χ0) is 8.27. The van der Waals surface area contributed by atoms with Gasteiger partial charge in [-0.2, -0.15) is 0 Å². The topological polar surface area (TPSA) is 48.1 Å². The maximum Gasteiger partial charge on any atom is 0.148 e. The first-order chi connectivity index (χ1) is 5.25. The van der Waals surface area contributed by atoms with E-state index in [1.165, 1.54) is 6.20 Å². The highest BCUT2D eigenvalue weighted by Crippen LogP contribution is 2.18. The zero-order valence-electron chi connectivity index (χ0n) is 5.55. The summed E-state index contributed by atoms with van der Waals surface area (Å²) in [7, 11) is 0. The molecule has 0 spiro atoms. The number of nitrogens with two attached hydrogens (primary N) is 1. The molecule has 0 amide bonds. The lowest BCUT2D eigenvalue weighted by Gasteiger charge is -2.01. The van der Waals surface area contributed by atoms with E-state index in [1.807, 2.05) is 0 Å². The van der Waals surface area contributed by atoms with Crippen LogP contribution in [0.1, 0.15) is 5.56 Å². The summed E-state index contributed by atoms with van der Waals surface area (Å²) in [5, 5.41) is 0. The van der Waals surface area contributed by atoms with Crippen LogP contribution in [0.4, 0.5) is 4.39 Å². The van der Waals surface area contributed by atoms with Gasteiger partial charge in [-0.15, -0.1) is 0 Å².